The van der Waals surface area contributed by atoms with E-state index < -0.39 is 0 Å². The van der Waals surface area contributed by atoms with Gasteiger partial charge in [-0.1, -0.05) is 23.7 Å². The minimum absolute atomic E-state index is 0.0319. The van der Waals surface area contributed by atoms with Gasteiger partial charge in [-0.05, 0) is 42.2 Å². The highest BCUT2D eigenvalue weighted by Crippen LogP contribution is 2.48. The van der Waals surface area contributed by atoms with Crippen molar-refractivity contribution in [1.29, 1.82) is 0 Å². The summed E-state index contributed by atoms with van der Waals surface area (Å²) < 4.78 is 14.2. The van der Waals surface area contributed by atoms with Crippen molar-refractivity contribution in [1.82, 2.24) is 9.80 Å². The fourth-order valence-corrected chi connectivity index (χ4v) is 4.72. The standard InChI is InChI=1S/C19H20ClFN2OS/c20-18-5-4-15(25-18)12-22-6-8-23(9-7-22)19(24)17-11-16(17)13-2-1-3-14(21)10-13/h1-5,10,16-17H,6-9,11-12H2/t16-,17+/m0/s1. The van der Waals surface area contributed by atoms with Gasteiger partial charge in [0.15, 0.2) is 0 Å². The maximum Gasteiger partial charge on any atom is 0.226 e. The first-order chi connectivity index (χ1) is 12.1. The van der Waals surface area contributed by atoms with Crippen LogP contribution in [0.2, 0.25) is 4.34 Å². The Morgan fingerprint density at radius 2 is 2.00 bits per heavy atom. The van der Waals surface area contributed by atoms with Crippen molar-refractivity contribution in [2.24, 2.45) is 5.92 Å². The van der Waals surface area contributed by atoms with Crippen LogP contribution in [0, 0.1) is 11.7 Å². The molecule has 2 aromatic rings. The van der Waals surface area contributed by atoms with Gasteiger partial charge in [-0.2, -0.15) is 0 Å². The molecular weight excluding hydrogens is 359 g/mol. The van der Waals surface area contributed by atoms with Crippen molar-refractivity contribution < 1.29 is 9.18 Å². The zero-order chi connectivity index (χ0) is 17.4. The Bertz CT molecular complexity index is 772. The zero-order valence-electron chi connectivity index (χ0n) is 13.8. The summed E-state index contributed by atoms with van der Waals surface area (Å²) in [6, 6.07) is 10.6. The lowest BCUT2D eigenvalue weighted by molar-refractivity contribution is -0.134. The number of rotatable bonds is 4. The average molecular weight is 379 g/mol. The van der Waals surface area contributed by atoms with Gasteiger partial charge in [-0.3, -0.25) is 9.69 Å². The molecule has 1 aliphatic heterocycles. The maximum atomic E-state index is 13.4. The maximum absolute atomic E-state index is 13.4. The number of thiophene rings is 1. The highest BCUT2D eigenvalue weighted by atomic mass is 35.5. The normalized spacial score (nSPS) is 23.7. The molecule has 6 heteroatoms. The number of hydrogen-bond acceptors (Lipinski definition) is 3. The van der Waals surface area contributed by atoms with E-state index in [4.69, 9.17) is 11.6 Å². The molecule has 0 spiro atoms. The molecule has 1 aromatic heterocycles. The predicted octanol–water partition coefficient (Wildman–Crippen LogP) is 3.99. The van der Waals surface area contributed by atoms with Crippen molar-refractivity contribution in [2.75, 3.05) is 26.2 Å². The monoisotopic (exact) mass is 378 g/mol. The van der Waals surface area contributed by atoms with Crippen LogP contribution in [0.25, 0.3) is 0 Å². The first-order valence-electron chi connectivity index (χ1n) is 8.61. The molecule has 0 unspecified atom stereocenters. The molecule has 132 valence electrons. The highest BCUT2D eigenvalue weighted by Gasteiger charge is 2.46. The van der Waals surface area contributed by atoms with Gasteiger partial charge in [0, 0.05) is 43.5 Å². The van der Waals surface area contributed by atoms with Crippen molar-refractivity contribution in [3.63, 3.8) is 0 Å². The van der Waals surface area contributed by atoms with E-state index >= 15 is 0 Å². The Hall–Kier alpha value is -1.43. The van der Waals surface area contributed by atoms with E-state index in [1.54, 1.807) is 23.5 Å². The molecule has 2 fully saturated rings. The molecule has 2 aliphatic rings. The number of carbonyl (C=O) groups excluding carboxylic acids is 1. The lowest BCUT2D eigenvalue weighted by atomic mass is 10.1. The Morgan fingerprint density at radius 1 is 1.20 bits per heavy atom. The number of nitrogens with zero attached hydrogens (tertiary/aromatic N) is 2. The smallest absolute Gasteiger partial charge is 0.226 e. The average Bonchev–Trinajstić information content (AvgIpc) is 3.31. The van der Waals surface area contributed by atoms with Crippen LogP contribution in [0.5, 0.6) is 0 Å². The van der Waals surface area contributed by atoms with Gasteiger partial charge in [-0.15, -0.1) is 11.3 Å². The van der Waals surface area contributed by atoms with Gasteiger partial charge < -0.3 is 4.90 Å². The van der Waals surface area contributed by atoms with Crippen LogP contribution in [-0.2, 0) is 11.3 Å². The van der Waals surface area contributed by atoms with Crippen molar-refractivity contribution in [3.8, 4) is 0 Å². The number of carbonyl (C=O) groups is 1. The molecule has 2 heterocycles. The molecule has 1 saturated heterocycles. The highest BCUT2D eigenvalue weighted by molar-refractivity contribution is 7.16. The summed E-state index contributed by atoms with van der Waals surface area (Å²) in [7, 11) is 0. The van der Waals surface area contributed by atoms with Gasteiger partial charge in [-0.25, -0.2) is 4.39 Å². The van der Waals surface area contributed by atoms with Crippen LogP contribution in [0.15, 0.2) is 36.4 Å². The molecule has 1 saturated carbocycles. The first kappa shape index (κ1) is 17.0. The summed E-state index contributed by atoms with van der Waals surface area (Å²) in [6.45, 7) is 4.21. The van der Waals surface area contributed by atoms with Gasteiger partial charge in [0.2, 0.25) is 5.91 Å². The van der Waals surface area contributed by atoms with E-state index in [2.05, 4.69) is 11.0 Å². The number of halogens is 2. The SMILES string of the molecule is O=C([C@@H]1C[C@H]1c1cccc(F)c1)N1CCN(Cc2ccc(Cl)s2)CC1. The van der Waals surface area contributed by atoms with Crippen LogP contribution in [0.4, 0.5) is 4.39 Å². The Kier molecular flexibility index (Phi) is 4.80. The van der Waals surface area contributed by atoms with E-state index in [9.17, 15) is 9.18 Å². The summed E-state index contributed by atoms with van der Waals surface area (Å²) >= 11 is 7.60. The van der Waals surface area contributed by atoms with E-state index in [1.165, 1.54) is 10.9 Å². The van der Waals surface area contributed by atoms with Gasteiger partial charge in [0.25, 0.3) is 0 Å². The number of piperazine rings is 1. The fraction of sp³-hybridized carbons (Fsp3) is 0.421. The van der Waals surface area contributed by atoms with E-state index in [0.29, 0.717) is 0 Å². The topological polar surface area (TPSA) is 23.6 Å². The Morgan fingerprint density at radius 3 is 2.68 bits per heavy atom. The number of hydrogen-bond donors (Lipinski definition) is 0. The second-order valence-corrected chi connectivity index (χ2v) is 8.61. The van der Waals surface area contributed by atoms with Crippen LogP contribution >= 0.6 is 22.9 Å². The summed E-state index contributed by atoms with van der Waals surface area (Å²) in [4.78, 5) is 18.3. The second kappa shape index (κ2) is 7.06. The van der Waals surface area contributed by atoms with Crippen molar-refractivity contribution in [3.05, 3.63) is 57.0 Å². The van der Waals surface area contributed by atoms with Gasteiger partial charge >= 0.3 is 0 Å². The van der Waals surface area contributed by atoms with Gasteiger partial charge in [0.05, 0.1) is 4.34 Å². The van der Waals surface area contributed by atoms with E-state index in [-0.39, 0.29) is 23.6 Å². The first-order valence-corrected chi connectivity index (χ1v) is 9.80. The summed E-state index contributed by atoms with van der Waals surface area (Å²) in [5.74, 6) is 0.227. The molecule has 0 radical (unpaired) electrons. The van der Waals surface area contributed by atoms with E-state index in [1.807, 2.05) is 17.0 Å². The van der Waals surface area contributed by atoms with Crippen molar-refractivity contribution in [2.45, 2.75) is 18.9 Å². The molecule has 0 bridgehead atoms. The largest absolute Gasteiger partial charge is 0.340 e. The molecular formula is C19H20ClFN2OS. The molecule has 1 amide bonds. The zero-order valence-corrected chi connectivity index (χ0v) is 15.4. The quantitative estimate of drug-likeness (QED) is 0.803. The minimum atomic E-state index is -0.224. The molecule has 1 aromatic carbocycles. The third kappa shape index (κ3) is 3.89. The van der Waals surface area contributed by atoms with Crippen LogP contribution < -0.4 is 0 Å². The van der Waals surface area contributed by atoms with Crippen LogP contribution in [0.3, 0.4) is 0 Å². The van der Waals surface area contributed by atoms with E-state index in [0.717, 1.165) is 49.0 Å². The third-order valence-electron chi connectivity index (χ3n) is 5.08. The molecule has 4 rings (SSSR count). The lowest BCUT2D eigenvalue weighted by Crippen LogP contribution is -2.48. The number of benzene rings is 1. The summed E-state index contributed by atoms with van der Waals surface area (Å²) in [5, 5.41) is 0. The number of amides is 1. The molecule has 1 aliphatic carbocycles. The molecule has 2 atom stereocenters. The van der Waals surface area contributed by atoms with Crippen LogP contribution in [-0.4, -0.2) is 41.9 Å². The molecule has 25 heavy (non-hydrogen) atoms. The Labute approximate surface area is 156 Å². The van der Waals surface area contributed by atoms with Crippen LogP contribution in [0.1, 0.15) is 22.8 Å². The predicted molar refractivity (Wildman–Crippen MR) is 98.4 cm³/mol. The molecule has 0 N–H and O–H groups in total. The fourth-order valence-electron chi connectivity index (χ4n) is 3.59. The summed E-state index contributed by atoms with van der Waals surface area (Å²) in [5.41, 5.74) is 0.951. The summed E-state index contributed by atoms with van der Waals surface area (Å²) in [6.07, 6.45) is 0.843. The molecule has 3 nitrogen and oxygen atoms in total. The minimum Gasteiger partial charge on any atom is -0.340 e. The Balaban J connectivity index is 1.29. The third-order valence-corrected chi connectivity index (χ3v) is 6.29. The second-order valence-electron chi connectivity index (χ2n) is 6.81. The van der Waals surface area contributed by atoms with Gasteiger partial charge in [0.1, 0.15) is 5.82 Å². The lowest BCUT2D eigenvalue weighted by Gasteiger charge is -2.34. The van der Waals surface area contributed by atoms with Crippen molar-refractivity contribution >= 4 is 28.8 Å².